The molecule has 0 radical (unpaired) electrons. The maximum atomic E-state index is 11.9. The van der Waals surface area contributed by atoms with Gasteiger partial charge in [-0.1, -0.05) is 0 Å². The number of ether oxygens (including phenoxy) is 1. The summed E-state index contributed by atoms with van der Waals surface area (Å²) < 4.78 is 8.23. The predicted molar refractivity (Wildman–Crippen MR) is 76.8 cm³/mol. The third kappa shape index (κ3) is 3.58. The Labute approximate surface area is 118 Å². The molecule has 1 N–H and O–H groups in total. The normalized spacial score (nSPS) is 19.2. The highest BCUT2D eigenvalue weighted by molar-refractivity contribution is 5.05. The van der Waals surface area contributed by atoms with E-state index in [-0.39, 0.29) is 11.2 Å². The van der Waals surface area contributed by atoms with Gasteiger partial charge in [-0.2, -0.15) is 0 Å². The summed E-state index contributed by atoms with van der Waals surface area (Å²) in [5.74, 6) is 0. The van der Waals surface area contributed by atoms with Crippen LogP contribution in [0.2, 0.25) is 0 Å². The average Bonchev–Trinajstić information content (AvgIpc) is 2.47. The minimum Gasteiger partial charge on any atom is -0.378 e. The number of aromatic nitrogens is 2. The maximum absolute atomic E-state index is 11.9. The molecule has 0 bridgehead atoms. The number of hydrogen-bond donors (Lipinski definition) is 1. The number of nitrogens with one attached hydrogen (secondary N) is 1. The summed E-state index contributed by atoms with van der Waals surface area (Å²) in [5, 5.41) is 3.26. The van der Waals surface area contributed by atoms with Gasteiger partial charge >= 0.3 is 5.69 Å². The lowest BCUT2D eigenvalue weighted by Gasteiger charge is -2.22. The number of aryl methyl sites for hydroxylation is 1. The number of nitrogens with zero attached hydrogens (tertiary/aromatic N) is 2. The first-order valence-electron chi connectivity index (χ1n) is 7.17. The molecule has 6 heteroatoms. The van der Waals surface area contributed by atoms with E-state index < -0.39 is 0 Å². The van der Waals surface area contributed by atoms with Crippen molar-refractivity contribution in [3.63, 3.8) is 0 Å². The number of rotatable bonds is 5. The Morgan fingerprint density at radius 2 is 2.15 bits per heavy atom. The first-order valence-corrected chi connectivity index (χ1v) is 7.17. The number of hydrogen-bond acceptors (Lipinski definition) is 4. The molecule has 1 aromatic rings. The fourth-order valence-corrected chi connectivity index (χ4v) is 2.53. The Morgan fingerprint density at radius 3 is 2.85 bits per heavy atom. The van der Waals surface area contributed by atoms with Crippen molar-refractivity contribution in [2.75, 3.05) is 13.2 Å². The molecule has 1 saturated heterocycles. The molecule has 1 aliphatic heterocycles. The van der Waals surface area contributed by atoms with E-state index in [1.54, 1.807) is 13.2 Å². The second-order valence-corrected chi connectivity index (χ2v) is 5.37. The van der Waals surface area contributed by atoms with Crippen LogP contribution < -0.4 is 16.6 Å². The van der Waals surface area contributed by atoms with Crippen LogP contribution in [0.25, 0.3) is 0 Å². The Hall–Kier alpha value is -1.40. The minimum absolute atomic E-state index is 0.227. The van der Waals surface area contributed by atoms with Crippen molar-refractivity contribution in [3.8, 4) is 0 Å². The van der Waals surface area contributed by atoms with Crippen molar-refractivity contribution in [3.05, 3.63) is 32.6 Å². The summed E-state index contributed by atoms with van der Waals surface area (Å²) in [6, 6.07) is 0. The largest absolute Gasteiger partial charge is 0.378 e. The molecule has 1 unspecified atom stereocenters. The zero-order chi connectivity index (χ0) is 14.5. The first-order chi connectivity index (χ1) is 9.59. The average molecular weight is 281 g/mol. The van der Waals surface area contributed by atoms with Crippen LogP contribution in [0.3, 0.4) is 0 Å². The molecule has 0 amide bonds. The fourth-order valence-electron chi connectivity index (χ4n) is 2.53. The van der Waals surface area contributed by atoms with Crippen LogP contribution in [0.5, 0.6) is 0 Å². The highest BCUT2D eigenvalue weighted by Crippen LogP contribution is 2.14. The molecule has 1 atom stereocenters. The van der Waals surface area contributed by atoms with Gasteiger partial charge in [0.2, 0.25) is 0 Å². The molecule has 0 aromatic carbocycles. The van der Waals surface area contributed by atoms with Crippen LogP contribution >= 0.6 is 0 Å². The van der Waals surface area contributed by atoms with E-state index in [9.17, 15) is 9.59 Å². The maximum Gasteiger partial charge on any atom is 0.330 e. The van der Waals surface area contributed by atoms with E-state index in [4.69, 9.17) is 4.74 Å². The van der Waals surface area contributed by atoms with Crippen molar-refractivity contribution in [1.29, 1.82) is 0 Å². The van der Waals surface area contributed by atoms with Crippen molar-refractivity contribution in [1.82, 2.24) is 14.5 Å². The molecular formula is C14H23N3O3. The molecule has 2 heterocycles. The lowest BCUT2D eigenvalue weighted by atomic mass is 10.1. The molecule has 0 spiro atoms. The molecule has 0 saturated carbocycles. The Bertz CT molecular complexity index is 556. The van der Waals surface area contributed by atoms with Crippen LogP contribution in [0, 0.1) is 0 Å². The smallest absolute Gasteiger partial charge is 0.330 e. The summed E-state index contributed by atoms with van der Waals surface area (Å²) >= 11 is 0. The third-order valence-electron chi connectivity index (χ3n) is 3.75. The first kappa shape index (κ1) is 15.0. The van der Waals surface area contributed by atoms with Gasteiger partial charge in [-0.25, -0.2) is 4.79 Å². The van der Waals surface area contributed by atoms with Crippen molar-refractivity contribution < 1.29 is 4.74 Å². The van der Waals surface area contributed by atoms with E-state index in [1.807, 2.05) is 0 Å². The summed E-state index contributed by atoms with van der Waals surface area (Å²) in [4.78, 5) is 23.5. The predicted octanol–water partition coefficient (Wildman–Crippen LogP) is 0.133. The highest BCUT2D eigenvalue weighted by Gasteiger charge is 2.13. The second-order valence-electron chi connectivity index (χ2n) is 5.37. The SMILES string of the molecule is Cn1cc(CNCCC2CCCCO2)c(=O)n(C)c1=O. The van der Waals surface area contributed by atoms with Gasteiger partial charge in [-0.3, -0.25) is 9.36 Å². The summed E-state index contributed by atoms with van der Waals surface area (Å²) in [7, 11) is 3.16. The van der Waals surface area contributed by atoms with Gasteiger partial charge in [0, 0.05) is 39.0 Å². The highest BCUT2D eigenvalue weighted by atomic mass is 16.5. The molecule has 1 aliphatic rings. The van der Waals surface area contributed by atoms with Gasteiger partial charge in [0.25, 0.3) is 5.56 Å². The van der Waals surface area contributed by atoms with Gasteiger partial charge in [-0.05, 0) is 32.2 Å². The molecule has 20 heavy (non-hydrogen) atoms. The van der Waals surface area contributed by atoms with Crippen molar-refractivity contribution >= 4 is 0 Å². The zero-order valence-electron chi connectivity index (χ0n) is 12.2. The molecular weight excluding hydrogens is 258 g/mol. The standard InChI is InChI=1S/C14H23N3O3/c1-16-10-11(13(18)17(2)14(16)19)9-15-7-6-12-5-3-4-8-20-12/h10,12,15H,3-9H2,1-2H3. The molecule has 112 valence electrons. The second kappa shape index (κ2) is 6.85. The minimum atomic E-state index is -0.297. The van der Waals surface area contributed by atoms with Crippen LogP contribution in [-0.4, -0.2) is 28.4 Å². The zero-order valence-corrected chi connectivity index (χ0v) is 12.2. The lowest BCUT2D eigenvalue weighted by Crippen LogP contribution is -2.39. The van der Waals surface area contributed by atoms with Gasteiger partial charge in [0.1, 0.15) is 0 Å². The Kier molecular flexibility index (Phi) is 5.14. The van der Waals surface area contributed by atoms with E-state index in [1.165, 1.54) is 18.0 Å². The van der Waals surface area contributed by atoms with Gasteiger partial charge < -0.3 is 14.6 Å². The Balaban J connectivity index is 1.85. The van der Waals surface area contributed by atoms with Crippen LogP contribution in [0.15, 0.2) is 15.8 Å². The van der Waals surface area contributed by atoms with E-state index in [0.29, 0.717) is 18.2 Å². The molecule has 1 aromatic heterocycles. The summed E-state index contributed by atoms with van der Waals surface area (Å²) in [6.45, 7) is 2.16. The van der Waals surface area contributed by atoms with Gasteiger partial charge in [0.15, 0.2) is 0 Å². The molecule has 6 nitrogen and oxygen atoms in total. The summed E-state index contributed by atoms with van der Waals surface area (Å²) in [5.41, 5.74) is 0.0861. The quantitative estimate of drug-likeness (QED) is 0.779. The van der Waals surface area contributed by atoms with E-state index >= 15 is 0 Å². The van der Waals surface area contributed by atoms with Gasteiger partial charge in [0.05, 0.1) is 6.10 Å². The molecule has 2 rings (SSSR count). The molecule has 0 aliphatic carbocycles. The van der Waals surface area contributed by atoms with Crippen molar-refractivity contribution in [2.45, 2.75) is 38.3 Å². The monoisotopic (exact) mass is 281 g/mol. The van der Waals surface area contributed by atoms with Crippen LogP contribution in [0.4, 0.5) is 0 Å². The van der Waals surface area contributed by atoms with Crippen molar-refractivity contribution in [2.24, 2.45) is 14.1 Å². The van der Waals surface area contributed by atoms with E-state index in [0.717, 1.165) is 37.0 Å². The fraction of sp³-hybridized carbons (Fsp3) is 0.714. The molecule has 1 fully saturated rings. The topological polar surface area (TPSA) is 65.3 Å². The summed E-state index contributed by atoms with van der Waals surface area (Å²) in [6.07, 6.45) is 6.45. The van der Waals surface area contributed by atoms with Crippen LogP contribution in [-0.2, 0) is 25.4 Å². The van der Waals surface area contributed by atoms with Gasteiger partial charge in [-0.15, -0.1) is 0 Å². The Morgan fingerprint density at radius 1 is 1.35 bits per heavy atom. The lowest BCUT2D eigenvalue weighted by molar-refractivity contribution is 0.0115. The van der Waals surface area contributed by atoms with Crippen LogP contribution in [0.1, 0.15) is 31.2 Å². The van der Waals surface area contributed by atoms with E-state index in [2.05, 4.69) is 5.32 Å². The third-order valence-corrected chi connectivity index (χ3v) is 3.75.